The molecule has 0 spiro atoms. The van der Waals surface area contributed by atoms with Crippen LogP contribution in [0.25, 0.3) is 0 Å². The van der Waals surface area contributed by atoms with Gasteiger partial charge in [-0.1, -0.05) is 26.7 Å². The summed E-state index contributed by atoms with van der Waals surface area (Å²) >= 11 is 2.13. The minimum absolute atomic E-state index is 0.365. The molecule has 2 nitrogen and oxygen atoms in total. The van der Waals surface area contributed by atoms with Crippen LogP contribution in [0.15, 0.2) is 0 Å². The number of hydrogen-bond acceptors (Lipinski definition) is 3. The van der Waals surface area contributed by atoms with E-state index in [-0.39, 0.29) is 0 Å². The van der Waals surface area contributed by atoms with Gasteiger partial charge in [0.25, 0.3) is 0 Å². The van der Waals surface area contributed by atoms with Crippen LogP contribution < -0.4 is 5.73 Å². The molecule has 1 heterocycles. The highest BCUT2D eigenvalue weighted by molar-refractivity contribution is 8.00. The lowest BCUT2D eigenvalue weighted by atomic mass is 9.94. The van der Waals surface area contributed by atoms with Gasteiger partial charge in [-0.25, -0.2) is 0 Å². The lowest BCUT2D eigenvalue weighted by molar-refractivity contribution is 0.0972. The average molecular weight is 228 g/mol. The first kappa shape index (κ1) is 11.7. The zero-order valence-corrected chi connectivity index (χ0v) is 10.9. The maximum atomic E-state index is 6.04. The van der Waals surface area contributed by atoms with Crippen molar-refractivity contribution in [3.8, 4) is 0 Å². The Morgan fingerprint density at radius 1 is 1.20 bits per heavy atom. The van der Waals surface area contributed by atoms with Gasteiger partial charge < -0.3 is 5.73 Å². The molecule has 2 fully saturated rings. The van der Waals surface area contributed by atoms with Crippen LogP contribution in [-0.2, 0) is 0 Å². The predicted octanol–water partition coefficient (Wildman–Crippen LogP) is 2.08. The van der Waals surface area contributed by atoms with Crippen molar-refractivity contribution < 1.29 is 0 Å². The summed E-state index contributed by atoms with van der Waals surface area (Å²) in [4.78, 5) is 2.70. The fourth-order valence-electron chi connectivity index (χ4n) is 3.25. The van der Waals surface area contributed by atoms with Crippen LogP contribution in [0, 0.1) is 0 Å². The summed E-state index contributed by atoms with van der Waals surface area (Å²) in [5.41, 5.74) is 6.41. The summed E-state index contributed by atoms with van der Waals surface area (Å²) in [5.74, 6) is 0. The van der Waals surface area contributed by atoms with Crippen molar-refractivity contribution in [3.05, 3.63) is 0 Å². The smallest absolute Gasteiger partial charge is 0.0332 e. The standard InChI is InChI=1S/C12H24N2S/c1-10-7-14(8-11(2)15-10)12(9-13)5-3-4-6-12/h10-11H,3-9,13H2,1-2H3. The molecule has 3 heteroatoms. The molecule has 2 N–H and O–H groups in total. The molecule has 0 amide bonds. The monoisotopic (exact) mass is 228 g/mol. The van der Waals surface area contributed by atoms with Crippen LogP contribution >= 0.6 is 11.8 Å². The molecular formula is C12H24N2S. The van der Waals surface area contributed by atoms with Gasteiger partial charge in [-0.3, -0.25) is 4.90 Å². The molecule has 0 aromatic carbocycles. The zero-order chi connectivity index (χ0) is 10.9. The molecule has 2 unspecified atom stereocenters. The Kier molecular flexibility index (Phi) is 3.63. The Morgan fingerprint density at radius 3 is 2.20 bits per heavy atom. The molecule has 1 saturated heterocycles. The third-order valence-electron chi connectivity index (χ3n) is 4.00. The van der Waals surface area contributed by atoms with Gasteiger partial charge >= 0.3 is 0 Å². The Labute approximate surface area is 98.0 Å². The second-order valence-electron chi connectivity index (χ2n) is 5.30. The van der Waals surface area contributed by atoms with E-state index in [1.54, 1.807) is 0 Å². The van der Waals surface area contributed by atoms with Gasteiger partial charge in [-0.05, 0) is 12.8 Å². The highest BCUT2D eigenvalue weighted by Gasteiger charge is 2.40. The van der Waals surface area contributed by atoms with Gasteiger partial charge in [-0.15, -0.1) is 0 Å². The molecule has 2 rings (SSSR count). The normalized spacial score (nSPS) is 37.0. The molecule has 0 aromatic rings. The van der Waals surface area contributed by atoms with E-state index in [4.69, 9.17) is 5.73 Å². The molecule has 2 aliphatic rings. The average Bonchev–Trinajstić information content (AvgIpc) is 2.65. The first-order valence-electron chi connectivity index (χ1n) is 6.27. The second-order valence-corrected chi connectivity index (χ2v) is 7.18. The molecule has 15 heavy (non-hydrogen) atoms. The second kappa shape index (κ2) is 4.64. The van der Waals surface area contributed by atoms with Gasteiger partial charge in [0.1, 0.15) is 0 Å². The third kappa shape index (κ3) is 2.34. The minimum Gasteiger partial charge on any atom is -0.329 e. The van der Waals surface area contributed by atoms with Crippen molar-refractivity contribution in [2.24, 2.45) is 5.73 Å². The lowest BCUT2D eigenvalue weighted by Gasteiger charge is -2.46. The fraction of sp³-hybridized carbons (Fsp3) is 1.00. The van der Waals surface area contributed by atoms with Gasteiger partial charge in [0.2, 0.25) is 0 Å². The summed E-state index contributed by atoms with van der Waals surface area (Å²) in [7, 11) is 0. The molecule has 1 aliphatic heterocycles. The van der Waals surface area contributed by atoms with E-state index in [0.717, 1.165) is 17.0 Å². The van der Waals surface area contributed by atoms with Crippen LogP contribution in [0.3, 0.4) is 0 Å². The van der Waals surface area contributed by atoms with E-state index in [1.807, 2.05) is 0 Å². The zero-order valence-electron chi connectivity index (χ0n) is 10.0. The molecule has 1 aliphatic carbocycles. The van der Waals surface area contributed by atoms with Crippen molar-refractivity contribution >= 4 is 11.8 Å². The Bertz CT molecular complexity index is 204. The highest BCUT2D eigenvalue weighted by atomic mass is 32.2. The lowest BCUT2D eigenvalue weighted by Crippen LogP contribution is -2.57. The summed E-state index contributed by atoms with van der Waals surface area (Å²) in [5, 5.41) is 1.55. The van der Waals surface area contributed by atoms with E-state index >= 15 is 0 Å². The summed E-state index contributed by atoms with van der Waals surface area (Å²) in [6.45, 7) is 8.05. The maximum Gasteiger partial charge on any atom is 0.0332 e. The predicted molar refractivity (Wildman–Crippen MR) is 68.3 cm³/mol. The highest BCUT2D eigenvalue weighted by Crippen LogP contribution is 2.38. The van der Waals surface area contributed by atoms with E-state index in [0.29, 0.717) is 5.54 Å². The van der Waals surface area contributed by atoms with Crippen LogP contribution in [0.2, 0.25) is 0 Å². The van der Waals surface area contributed by atoms with Crippen molar-refractivity contribution in [1.82, 2.24) is 4.90 Å². The third-order valence-corrected chi connectivity index (χ3v) is 5.23. The topological polar surface area (TPSA) is 29.3 Å². The Balaban J connectivity index is 2.07. The minimum atomic E-state index is 0.365. The van der Waals surface area contributed by atoms with Crippen molar-refractivity contribution in [2.45, 2.75) is 55.6 Å². The number of thioether (sulfide) groups is 1. The van der Waals surface area contributed by atoms with E-state index < -0.39 is 0 Å². The summed E-state index contributed by atoms with van der Waals surface area (Å²) in [6.07, 6.45) is 5.41. The Hall–Kier alpha value is 0.270. The quantitative estimate of drug-likeness (QED) is 0.784. The van der Waals surface area contributed by atoms with Crippen molar-refractivity contribution in [3.63, 3.8) is 0 Å². The Morgan fingerprint density at radius 2 is 1.73 bits per heavy atom. The molecular weight excluding hydrogens is 204 g/mol. The van der Waals surface area contributed by atoms with Crippen LogP contribution in [0.5, 0.6) is 0 Å². The molecule has 0 aromatic heterocycles. The van der Waals surface area contributed by atoms with Crippen LogP contribution in [0.4, 0.5) is 0 Å². The van der Waals surface area contributed by atoms with Crippen molar-refractivity contribution in [2.75, 3.05) is 19.6 Å². The number of nitrogens with two attached hydrogens (primary N) is 1. The fourth-order valence-corrected chi connectivity index (χ4v) is 4.57. The van der Waals surface area contributed by atoms with E-state index in [9.17, 15) is 0 Å². The molecule has 1 saturated carbocycles. The molecule has 88 valence electrons. The summed E-state index contributed by atoms with van der Waals surface area (Å²) < 4.78 is 0. The first-order valence-corrected chi connectivity index (χ1v) is 7.21. The maximum absolute atomic E-state index is 6.04. The van der Waals surface area contributed by atoms with Crippen molar-refractivity contribution in [1.29, 1.82) is 0 Å². The van der Waals surface area contributed by atoms with Gasteiger partial charge in [0.15, 0.2) is 0 Å². The molecule has 0 radical (unpaired) electrons. The van der Waals surface area contributed by atoms with Gasteiger partial charge in [0.05, 0.1) is 0 Å². The van der Waals surface area contributed by atoms with Gasteiger partial charge in [-0.2, -0.15) is 11.8 Å². The number of nitrogens with zero attached hydrogens (tertiary/aromatic N) is 1. The molecule has 2 atom stereocenters. The van der Waals surface area contributed by atoms with Gasteiger partial charge in [0, 0.05) is 35.7 Å². The van der Waals surface area contributed by atoms with Crippen LogP contribution in [0.1, 0.15) is 39.5 Å². The van der Waals surface area contributed by atoms with Crippen LogP contribution in [-0.4, -0.2) is 40.6 Å². The number of hydrogen-bond donors (Lipinski definition) is 1. The van der Waals surface area contributed by atoms with E-state index in [1.165, 1.54) is 38.8 Å². The first-order chi connectivity index (χ1) is 7.16. The largest absolute Gasteiger partial charge is 0.329 e. The summed E-state index contributed by atoms with van der Waals surface area (Å²) in [6, 6.07) is 0. The number of rotatable bonds is 2. The SMILES string of the molecule is CC1CN(C2(CN)CCCC2)CC(C)S1. The molecule has 0 bridgehead atoms. The van der Waals surface area contributed by atoms with E-state index in [2.05, 4.69) is 30.5 Å².